The first-order chi connectivity index (χ1) is 32.9. The molecule has 10 aromatic rings. The highest BCUT2D eigenvalue weighted by molar-refractivity contribution is 7.80. The highest BCUT2D eigenvalue weighted by Gasteiger charge is 2.26. The maximum atomic E-state index is 13.9. The highest BCUT2D eigenvalue weighted by atomic mass is 31.1. The van der Waals surface area contributed by atoms with Crippen LogP contribution in [-0.2, 0) is 0 Å². The molecule has 0 aliphatic carbocycles. The predicted molar refractivity (Wildman–Crippen MR) is 284 cm³/mol. The smallest absolute Gasteiger partial charge is 0.255 e. The van der Waals surface area contributed by atoms with Crippen LogP contribution >= 0.6 is 15.8 Å². The minimum atomic E-state index is -0.776. The molecule has 0 radical (unpaired) electrons. The molecular weight excluding hydrogens is 859 g/mol. The number of rotatable bonds is 13. The Morgan fingerprint density at radius 2 is 0.731 bits per heavy atom. The fourth-order valence-electron chi connectivity index (χ4n) is 9.32. The van der Waals surface area contributed by atoms with E-state index >= 15 is 0 Å². The molecule has 0 spiro atoms. The van der Waals surface area contributed by atoms with Crippen LogP contribution in [0, 0.1) is 13.8 Å². The number of carbonyl (C=O) groups is 2. The second-order valence-electron chi connectivity index (χ2n) is 16.8. The van der Waals surface area contributed by atoms with Crippen LogP contribution in [0.25, 0.3) is 21.8 Å². The van der Waals surface area contributed by atoms with Gasteiger partial charge in [-0.05, 0) is 115 Å². The molecule has 8 heteroatoms. The van der Waals surface area contributed by atoms with E-state index in [0.717, 1.165) is 62.1 Å². The number of aromatic amines is 2. The van der Waals surface area contributed by atoms with Gasteiger partial charge in [-0.1, -0.05) is 177 Å². The first kappa shape index (κ1) is 43.5. The van der Waals surface area contributed by atoms with Crippen molar-refractivity contribution in [3.05, 3.63) is 240 Å². The molecule has 0 saturated heterocycles. The average Bonchev–Trinajstić information content (AvgIpc) is 3.90. The summed E-state index contributed by atoms with van der Waals surface area (Å²) in [5.41, 5.74) is 8.89. The number of fused-ring (bicyclic) bond motifs is 2. The molecular formula is C59H50N4O2P2. The summed E-state index contributed by atoms with van der Waals surface area (Å²) in [6.45, 7) is 6.50. The zero-order chi connectivity index (χ0) is 45.9. The van der Waals surface area contributed by atoms with Gasteiger partial charge in [0.15, 0.2) is 0 Å². The summed E-state index contributed by atoms with van der Waals surface area (Å²) in [6, 6.07) is 70.6. The van der Waals surface area contributed by atoms with Crippen LogP contribution in [0.3, 0.4) is 0 Å². The number of amides is 2. The lowest BCUT2D eigenvalue weighted by Gasteiger charge is -2.19. The summed E-state index contributed by atoms with van der Waals surface area (Å²) in [6.07, 6.45) is 0.826. The van der Waals surface area contributed by atoms with Crippen molar-refractivity contribution < 1.29 is 9.59 Å². The Morgan fingerprint density at radius 1 is 0.418 bits per heavy atom. The van der Waals surface area contributed by atoms with Crippen LogP contribution < -0.4 is 42.5 Å². The molecule has 2 amide bonds. The number of carbonyl (C=O) groups excluding carboxylic acids is 2. The maximum Gasteiger partial charge on any atom is 0.255 e. The molecule has 0 aliphatic heterocycles. The summed E-state index contributed by atoms with van der Waals surface area (Å²) in [7, 11) is -1.55. The fraction of sp³-hybridized carbons (Fsp3) is 0.0847. The van der Waals surface area contributed by atoms with E-state index in [0.29, 0.717) is 11.1 Å². The topological polar surface area (TPSA) is 89.8 Å². The highest BCUT2D eigenvalue weighted by Crippen LogP contribution is 2.40. The molecule has 0 saturated carbocycles. The maximum absolute atomic E-state index is 13.9. The van der Waals surface area contributed by atoms with Crippen molar-refractivity contribution in [2.45, 2.75) is 33.1 Å². The molecule has 67 heavy (non-hydrogen) atoms. The minimum absolute atomic E-state index is 0.000213. The van der Waals surface area contributed by atoms with Gasteiger partial charge in [-0.15, -0.1) is 0 Å². The zero-order valence-corrected chi connectivity index (χ0v) is 39.4. The largest absolute Gasteiger partial charge is 0.356 e. The third-order valence-electron chi connectivity index (χ3n) is 12.7. The van der Waals surface area contributed by atoms with Crippen LogP contribution in [0.5, 0.6) is 0 Å². The lowest BCUT2D eigenvalue weighted by molar-refractivity contribution is 0.101. The van der Waals surface area contributed by atoms with Crippen molar-refractivity contribution in [3.8, 4) is 0 Å². The Labute approximate surface area is 394 Å². The van der Waals surface area contributed by atoms with Crippen molar-refractivity contribution in [3.63, 3.8) is 0 Å². The van der Waals surface area contributed by atoms with E-state index < -0.39 is 15.8 Å². The second kappa shape index (κ2) is 19.2. The van der Waals surface area contributed by atoms with Crippen molar-refractivity contribution in [1.82, 2.24) is 9.97 Å². The van der Waals surface area contributed by atoms with Crippen LogP contribution in [-0.4, -0.2) is 21.8 Å². The standard InChI is InChI=1S/C59H50N4O2P2/c1-4-49(54-39(2)50-27-17-29-52(56(50)62-54)60-58(64)41-31-35-47(36-32-41)66(43-19-9-5-10-20-43)44-21-11-6-12-22-44)55-40(3)51-28-18-30-53(57(51)63-55)61-59(65)42-33-37-48(38-34-42)67(45-23-13-7-14-24-45)46-25-15-8-16-26-46/h5-38,49,62-63H,4H2,1-3H3,(H,60,64)(H,61,65). The molecule has 0 bridgehead atoms. The number of aryl methyl sites for hydroxylation is 2. The van der Waals surface area contributed by atoms with E-state index in [4.69, 9.17) is 0 Å². The molecule has 0 unspecified atom stereocenters. The van der Waals surface area contributed by atoms with Gasteiger partial charge in [0.2, 0.25) is 0 Å². The summed E-state index contributed by atoms with van der Waals surface area (Å²) in [5, 5.41) is 16.0. The molecule has 6 nitrogen and oxygen atoms in total. The van der Waals surface area contributed by atoms with Gasteiger partial charge in [0.05, 0.1) is 22.4 Å². The van der Waals surface area contributed by atoms with E-state index in [1.807, 2.05) is 72.8 Å². The molecule has 4 N–H and O–H groups in total. The quantitative estimate of drug-likeness (QED) is 0.0868. The zero-order valence-electron chi connectivity index (χ0n) is 37.6. The molecule has 8 aromatic carbocycles. The third-order valence-corrected chi connectivity index (χ3v) is 17.6. The van der Waals surface area contributed by atoms with Gasteiger partial charge < -0.3 is 20.6 Å². The van der Waals surface area contributed by atoms with Crippen molar-refractivity contribution in [2.24, 2.45) is 0 Å². The summed E-state index contributed by atoms with van der Waals surface area (Å²) >= 11 is 0. The first-order valence-electron chi connectivity index (χ1n) is 22.7. The van der Waals surface area contributed by atoms with Gasteiger partial charge in [-0.25, -0.2) is 0 Å². The van der Waals surface area contributed by atoms with Crippen molar-refractivity contribution in [1.29, 1.82) is 0 Å². The van der Waals surface area contributed by atoms with Crippen LogP contribution in [0.2, 0.25) is 0 Å². The van der Waals surface area contributed by atoms with Crippen LogP contribution in [0.4, 0.5) is 11.4 Å². The number of hydrogen-bond donors (Lipinski definition) is 4. The van der Waals surface area contributed by atoms with Crippen molar-refractivity contribution >= 4 is 92.7 Å². The number of anilines is 2. The fourth-order valence-corrected chi connectivity index (χ4v) is 13.9. The normalized spacial score (nSPS) is 11.5. The lowest BCUT2D eigenvalue weighted by atomic mass is 9.92. The number of para-hydroxylation sites is 2. The third kappa shape index (κ3) is 8.75. The molecule has 328 valence electrons. The SMILES string of the molecule is CCC(c1[nH]c2c(NC(=O)c3ccc(P(c4ccccc4)c4ccccc4)cc3)cccc2c1C)c1[nH]c2c(NC(=O)c3ccc(P(c4ccccc4)c4ccccc4)cc3)cccc2c1C. The molecule has 2 aromatic heterocycles. The summed E-state index contributed by atoms with van der Waals surface area (Å²) in [4.78, 5) is 35.4. The number of H-pyrrole nitrogens is 2. The van der Waals surface area contributed by atoms with E-state index in [-0.39, 0.29) is 17.7 Å². The van der Waals surface area contributed by atoms with Gasteiger partial charge in [-0.2, -0.15) is 0 Å². The summed E-state index contributed by atoms with van der Waals surface area (Å²) in [5.74, 6) is -0.324. The molecule has 10 rings (SSSR count). The number of nitrogens with one attached hydrogen (secondary N) is 4. The Balaban J connectivity index is 0.894. The van der Waals surface area contributed by atoms with Gasteiger partial charge in [0.25, 0.3) is 11.8 Å². The van der Waals surface area contributed by atoms with E-state index in [1.54, 1.807) is 0 Å². The molecule has 0 aliphatic rings. The number of aromatic nitrogens is 2. The molecule has 2 heterocycles. The van der Waals surface area contributed by atoms with E-state index in [9.17, 15) is 9.59 Å². The van der Waals surface area contributed by atoms with E-state index in [1.165, 1.54) is 31.8 Å². The first-order valence-corrected chi connectivity index (χ1v) is 25.4. The van der Waals surface area contributed by atoms with Crippen molar-refractivity contribution in [2.75, 3.05) is 10.6 Å². The van der Waals surface area contributed by atoms with Gasteiger partial charge in [0.1, 0.15) is 0 Å². The average molecular weight is 909 g/mol. The molecule has 0 fully saturated rings. The Morgan fingerprint density at radius 3 is 1.04 bits per heavy atom. The second-order valence-corrected chi connectivity index (χ2v) is 21.2. The molecule has 0 atom stereocenters. The summed E-state index contributed by atoms with van der Waals surface area (Å²) < 4.78 is 0. The van der Waals surface area contributed by atoms with Gasteiger partial charge in [0, 0.05) is 39.2 Å². The minimum Gasteiger partial charge on any atom is -0.356 e. The lowest BCUT2D eigenvalue weighted by Crippen LogP contribution is -2.21. The Kier molecular flexibility index (Phi) is 12.5. The Bertz CT molecular complexity index is 3030. The Hall–Kier alpha value is -7.36. The van der Waals surface area contributed by atoms with Gasteiger partial charge >= 0.3 is 0 Å². The monoisotopic (exact) mass is 908 g/mol. The van der Waals surface area contributed by atoms with Crippen LogP contribution in [0.1, 0.15) is 62.5 Å². The van der Waals surface area contributed by atoms with Crippen LogP contribution in [0.15, 0.2) is 206 Å². The van der Waals surface area contributed by atoms with Gasteiger partial charge in [-0.3, -0.25) is 9.59 Å². The number of benzene rings is 8. The van der Waals surface area contributed by atoms with E-state index in [2.05, 4.69) is 175 Å². The predicted octanol–water partition coefficient (Wildman–Crippen LogP) is 11.8. The number of hydrogen-bond acceptors (Lipinski definition) is 2.